The monoisotopic (exact) mass is 275 g/mol. The minimum absolute atomic E-state index is 0.271. The van der Waals surface area contributed by atoms with Gasteiger partial charge in [0, 0.05) is 13.7 Å². The Hall–Kier alpha value is -1.69. The predicted octanol–water partition coefficient (Wildman–Crippen LogP) is 0.999. The fourth-order valence-corrected chi connectivity index (χ4v) is 2.25. The van der Waals surface area contributed by atoms with Gasteiger partial charge in [0.2, 0.25) is 0 Å². The molecule has 0 aliphatic carbocycles. The second-order valence-electron chi connectivity index (χ2n) is 4.93. The van der Waals surface area contributed by atoms with Gasteiger partial charge in [0.25, 0.3) is 0 Å². The van der Waals surface area contributed by atoms with Gasteiger partial charge in [0.15, 0.2) is 11.8 Å². The number of carbonyl (C=O) groups is 1. The summed E-state index contributed by atoms with van der Waals surface area (Å²) in [4.78, 5) is 12.2. The fraction of sp³-hybridized carbons (Fsp3) is 0.400. The fourth-order valence-electron chi connectivity index (χ4n) is 2.25. The van der Waals surface area contributed by atoms with Gasteiger partial charge in [-0.15, -0.1) is 0 Å². The molecule has 20 heavy (non-hydrogen) atoms. The molecule has 2 aliphatic heterocycles. The second kappa shape index (κ2) is 5.36. The van der Waals surface area contributed by atoms with Crippen molar-refractivity contribution >= 4 is 5.97 Å². The summed E-state index contributed by atoms with van der Waals surface area (Å²) in [5.74, 6) is -0.284. The number of methoxy groups -OCH3 is 1. The van der Waals surface area contributed by atoms with Crippen LogP contribution in [0, 0.1) is 0 Å². The van der Waals surface area contributed by atoms with Gasteiger partial charge in [0.1, 0.15) is 12.7 Å². The highest BCUT2D eigenvalue weighted by molar-refractivity contribution is 5.86. The van der Waals surface area contributed by atoms with E-state index >= 15 is 0 Å². The van der Waals surface area contributed by atoms with Gasteiger partial charge in [-0.1, -0.05) is 36.4 Å². The molecular weight excluding hydrogens is 258 g/mol. The van der Waals surface area contributed by atoms with Crippen molar-refractivity contribution in [1.29, 1.82) is 0 Å². The smallest absolute Gasteiger partial charge is 0.331 e. The van der Waals surface area contributed by atoms with Crippen LogP contribution in [0.4, 0.5) is 0 Å². The summed E-state index contributed by atoms with van der Waals surface area (Å²) < 4.78 is 16.1. The number of esters is 1. The lowest BCUT2D eigenvalue weighted by atomic mass is 10.0. The number of rotatable bonds is 5. The highest BCUT2D eigenvalue weighted by atomic mass is 16.7. The molecule has 0 aromatic heterocycles. The van der Waals surface area contributed by atoms with Crippen molar-refractivity contribution in [2.24, 2.45) is 0 Å². The lowest BCUT2D eigenvalue weighted by molar-refractivity contribution is -0.157. The van der Waals surface area contributed by atoms with Crippen molar-refractivity contribution in [3.05, 3.63) is 48.0 Å². The van der Waals surface area contributed by atoms with Crippen molar-refractivity contribution in [1.82, 2.24) is 5.32 Å². The molecule has 0 bridgehead atoms. The zero-order valence-corrected chi connectivity index (χ0v) is 11.2. The highest BCUT2D eigenvalue weighted by Crippen LogP contribution is 2.31. The Balaban J connectivity index is 1.59. The molecule has 1 N–H and O–H groups in total. The zero-order chi connectivity index (χ0) is 14.0. The van der Waals surface area contributed by atoms with E-state index in [-0.39, 0.29) is 25.0 Å². The minimum Gasteiger partial charge on any atom is -0.459 e. The normalized spacial score (nSPS) is 31.2. The van der Waals surface area contributed by atoms with Gasteiger partial charge in [-0.25, -0.2) is 4.79 Å². The lowest BCUT2D eigenvalue weighted by Crippen LogP contribution is -2.42. The van der Waals surface area contributed by atoms with Gasteiger partial charge in [-0.3, -0.25) is 5.32 Å². The van der Waals surface area contributed by atoms with Crippen LogP contribution < -0.4 is 5.32 Å². The zero-order valence-electron chi connectivity index (χ0n) is 11.2. The third-order valence-electron chi connectivity index (χ3n) is 3.58. The Morgan fingerprint density at radius 1 is 1.40 bits per heavy atom. The topological polar surface area (TPSA) is 66.7 Å². The van der Waals surface area contributed by atoms with Crippen LogP contribution >= 0.6 is 0 Å². The number of hydrogen-bond donors (Lipinski definition) is 1. The van der Waals surface area contributed by atoms with E-state index in [0.29, 0.717) is 6.54 Å². The van der Waals surface area contributed by atoms with E-state index in [9.17, 15) is 4.79 Å². The molecule has 2 heterocycles. The van der Waals surface area contributed by atoms with Crippen molar-refractivity contribution in [2.45, 2.75) is 24.5 Å². The Labute approximate surface area is 117 Å². The SMILES string of the molecule is CO[C@@H]1C=C[C@@H]([C@]2(C(=O)OCc3ccccc3)CN2)O1. The van der Waals surface area contributed by atoms with Crippen molar-refractivity contribution in [3.63, 3.8) is 0 Å². The molecule has 5 nitrogen and oxygen atoms in total. The molecule has 3 atom stereocenters. The summed E-state index contributed by atoms with van der Waals surface area (Å²) in [6.07, 6.45) is 2.92. The van der Waals surface area contributed by atoms with Crippen LogP contribution in [0.3, 0.4) is 0 Å². The first kappa shape index (κ1) is 13.3. The molecule has 0 saturated carbocycles. The van der Waals surface area contributed by atoms with Gasteiger partial charge in [-0.2, -0.15) is 0 Å². The van der Waals surface area contributed by atoms with Gasteiger partial charge in [0.05, 0.1) is 0 Å². The Kier molecular flexibility index (Phi) is 3.56. The van der Waals surface area contributed by atoms with Crippen molar-refractivity contribution in [3.8, 4) is 0 Å². The number of ether oxygens (including phenoxy) is 3. The van der Waals surface area contributed by atoms with Crippen LogP contribution in [0.1, 0.15) is 5.56 Å². The first-order chi connectivity index (χ1) is 9.74. The van der Waals surface area contributed by atoms with Crippen LogP contribution in [0.25, 0.3) is 0 Å². The summed E-state index contributed by atoms with van der Waals surface area (Å²) in [7, 11) is 1.57. The maximum absolute atomic E-state index is 12.2. The molecule has 1 fully saturated rings. The second-order valence-corrected chi connectivity index (χ2v) is 4.93. The Bertz CT molecular complexity index is 510. The maximum Gasteiger partial charge on any atom is 0.331 e. The molecular formula is C15H17NO4. The predicted molar refractivity (Wildman–Crippen MR) is 71.8 cm³/mol. The lowest BCUT2D eigenvalue weighted by Gasteiger charge is -2.20. The minimum atomic E-state index is -0.751. The summed E-state index contributed by atoms with van der Waals surface area (Å²) >= 11 is 0. The van der Waals surface area contributed by atoms with E-state index in [1.807, 2.05) is 36.4 Å². The molecule has 0 amide bonds. The molecule has 1 aromatic rings. The Morgan fingerprint density at radius 2 is 2.15 bits per heavy atom. The maximum atomic E-state index is 12.2. The largest absolute Gasteiger partial charge is 0.459 e. The average molecular weight is 275 g/mol. The van der Waals surface area contributed by atoms with Gasteiger partial charge >= 0.3 is 5.97 Å². The van der Waals surface area contributed by atoms with E-state index in [1.165, 1.54) is 0 Å². The molecule has 2 aliphatic rings. The van der Waals surface area contributed by atoms with Crippen LogP contribution in [0.5, 0.6) is 0 Å². The van der Waals surface area contributed by atoms with Gasteiger partial charge < -0.3 is 14.2 Å². The quantitative estimate of drug-likeness (QED) is 0.493. The van der Waals surface area contributed by atoms with Crippen LogP contribution in [-0.4, -0.2) is 37.6 Å². The number of nitrogens with one attached hydrogen (secondary N) is 1. The van der Waals surface area contributed by atoms with Gasteiger partial charge in [-0.05, 0) is 11.6 Å². The Morgan fingerprint density at radius 3 is 2.75 bits per heavy atom. The molecule has 0 radical (unpaired) electrons. The first-order valence-corrected chi connectivity index (χ1v) is 6.57. The molecule has 106 valence electrons. The summed E-state index contributed by atoms with van der Waals surface area (Å²) in [5, 5.41) is 3.06. The number of carbonyl (C=O) groups excluding carboxylic acids is 1. The molecule has 0 spiro atoms. The molecule has 1 aromatic carbocycles. The third kappa shape index (κ3) is 2.47. The standard InChI is InChI=1S/C15H17NO4/c1-18-13-8-7-12(20-13)15(10-16-15)14(17)19-9-11-5-3-2-4-6-11/h2-8,12-13,16H,9-10H2,1H3/t12-,13-,15-/m0/s1. The summed E-state index contributed by atoms with van der Waals surface area (Å²) in [5.41, 5.74) is 0.216. The van der Waals surface area contributed by atoms with Crippen LogP contribution in [0.2, 0.25) is 0 Å². The number of hydrogen-bond acceptors (Lipinski definition) is 5. The van der Waals surface area contributed by atoms with E-state index in [2.05, 4.69) is 5.32 Å². The van der Waals surface area contributed by atoms with E-state index in [4.69, 9.17) is 14.2 Å². The van der Waals surface area contributed by atoms with Crippen LogP contribution in [0.15, 0.2) is 42.5 Å². The van der Waals surface area contributed by atoms with E-state index in [1.54, 1.807) is 13.2 Å². The molecule has 5 heteroatoms. The summed E-state index contributed by atoms with van der Waals surface area (Å²) in [6.45, 7) is 0.833. The van der Waals surface area contributed by atoms with Crippen molar-refractivity contribution < 1.29 is 19.0 Å². The van der Waals surface area contributed by atoms with Crippen molar-refractivity contribution in [2.75, 3.05) is 13.7 Å². The summed E-state index contributed by atoms with van der Waals surface area (Å²) in [6, 6.07) is 9.61. The molecule has 1 saturated heterocycles. The van der Waals surface area contributed by atoms with E-state index in [0.717, 1.165) is 5.56 Å². The highest BCUT2D eigenvalue weighted by Gasteiger charge is 2.58. The van der Waals surface area contributed by atoms with Crippen LogP contribution in [-0.2, 0) is 25.6 Å². The molecule has 3 rings (SSSR count). The third-order valence-corrected chi connectivity index (χ3v) is 3.58. The number of benzene rings is 1. The first-order valence-electron chi connectivity index (χ1n) is 6.57. The average Bonchev–Trinajstić information content (AvgIpc) is 3.17. The van der Waals surface area contributed by atoms with E-state index < -0.39 is 5.54 Å². The molecule has 0 unspecified atom stereocenters.